The summed E-state index contributed by atoms with van der Waals surface area (Å²) in [5, 5.41) is 28.7. The molecule has 260 valence electrons. The number of hydrazone groups is 1. The average molecular weight is 703 g/mol. The van der Waals surface area contributed by atoms with Gasteiger partial charge in [-0.3, -0.25) is 14.4 Å². The van der Waals surface area contributed by atoms with Crippen molar-refractivity contribution in [1.29, 1.82) is 0 Å². The number of halogens is 1. The van der Waals surface area contributed by atoms with Crippen LogP contribution in [0.4, 0.5) is 11.4 Å². The predicted octanol–water partition coefficient (Wildman–Crippen LogP) is 6.13. The summed E-state index contributed by atoms with van der Waals surface area (Å²) in [6.07, 6.45) is 4.89. The molecule has 2 N–H and O–H groups in total. The number of nitrogens with zero attached hydrogens (tertiary/aromatic N) is 4. The third-order valence-corrected chi connectivity index (χ3v) is 10.4. The SMILES string of the molecule is C[C@@H](/C=C/CC(=O)N1Cc2ccccc2C[C@H]1CO)[C@]1(O)C(=O)N(Cc2cccc(N3N=C(c4ccccc4)CCC3=O)c2)c2ccc(Cl)cc21. The maximum absolute atomic E-state index is 14.2. The first-order chi connectivity index (χ1) is 24.7. The Morgan fingerprint density at radius 3 is 2.53 bits per heavy atom. The maximum Gasteiger partial charge on any atom is 0.264 e. The molecule has 0 saturated carbocycles. The molecule has 7 rings (SSSR count). The lowest BCUT2D eigenvalue weighted by atomic mass is 9.83. The van der Waals surface area contributed by atoms with Gasteiger partial charge in [-0.1, -0.05) is 97.4 Å². The van der Waals surface area contributed by atoms with E-state index in [-0.39, 0.29) is 37.4 Å². The Labute approximate surface area is 302 Å². The van der Waals surface area contributed by atoms with E-state index in [9.17, 15) is 24.6 Å². The van der Waals surface area contributed by atoms with Gasteiger partial charge in [0, 0.05) is 42.3 Å². The summed E-state index contributed by atoms with van der Waals surface area (Å²) < 4.78 is 0. The summed E-state index contributed by atoms with van der Waals surface area (Å²) >= 11 is 6.40. The van der Waals surface area contributed by atoms with Crippen LogP contribution in [0.25, 0.3) is 0 Å². The van der Waals surface area contributed by atoms with Crippen molar-refractivity contribution in [2.24, 2.45) is 11.0 Å². The van der Waals surface area contributed by atoms with Gasteiger partial charge in [-0.05, 0) is 59.0 Å². The Kier molecular flexibility index (Phi) is 9.61. The minimum atomic E-state index is -1.94. The van der Waals surface area contributed by atoms with Gasteiger partial charge < -0.3 is 20.0 Å². The summed E-state index contributed by atoms with van der Waals surface area (Å²) in [4.78, 5) is 43.8. The average Bonchev–Trinajstić information content (AvgIpc) is 3.36. The van der Waals surface area contributed by atoms with Gasteiger partial charge in [0.2, 0.25) is 11.8 Å². The lowest BCUT2D eigenvalue weighted by Gasteiger charge is -2.36. The normalized spacial score (nSPS) is 20.7. The highest BCUT2D eigenvalue weighted by atomic mass is 35.5. The molecular weight excluding hydrogens is 664 g/mol. The van der Waals surface area contributed by atoms with Gasteiger partial charge in [0.25, 0.3) is 5.91 Å². The van der Waals surface area contributed by atoms with Crippen LogP contribution in [0.5, 0.6) is 0 Å². The molecule has 0 radical (unpaired) electrons. The lowest BCUT2D eigenvalue weighted by Crippen LogP contribution is -2.46. The number of rotatable bonds is 9. The lowest BCUT2D eigenvalue weighted by molar-refractivity contribution is -0.139. The number of anilines is 2. The molecule has 3 aliphatic rings. The van der Waals surface area contributed by atoms with Crippen LogP contribution in [0.2, 0.25) is 5.02 Å². The molecule has 0 aromatic heterocycles. The van der Waals surface area contributed by atoms with E-state index in [1.807, 2.05) is 78.9 Å². The second kappa shape index (κ2) is 14.3. The molecule has 51 heavy (non-hydrogen) atoms. The Bertz CT molecular complexity index is 2050. The zero-order valence-corrected chi connectivity index (χ0v) is 29.0. The molecule has 9 nitrogen and oxygen atoms in total. The molecule has 0 saturated heterocycles. The van der Waals surface area contributed by atoms with Crippen LogP contribution < -0.4 is 9.91 Å². The largest absolute Gasteiger partial charge is 0.394 e. The minimum absolute atomic E-state index is 0.0515. The van der Waals surface area contributed by atoms with Crippen LogP contribution in [-0.4, -0.2) is 51.2 Å². The zero-order chi connectivity index (χ0) is 35.7. The molecule has 3 amide bonds. The standard InChI is InChI=1S/C41H39ClN4O5/c1-27(9-7-16-38(48)44-25-31-14-6-5-13-30(31)22-34(44)26-47)41(51)35-23-32(42)17-19-37(35)45(40(41)50)24-28-10-8-15-33(21-28)46-39(49)20-18-36(43-46)29-11-3-2-4-12-29/h2-15,17,19,21,23,27,34,47,51H,16,18,20,22,24-26H2,1H3/b9-7+/t27-,34-,41+/m0/s1. The topological polar surface area (TPSA) is 114 Å². The molecule has 4 aromatic carbocycles. The first-order valence-corrected chi connectivity index (χ1v) is 17.6. The van der Waals surface area contributed by atoms with Gasteiger partial charge >= 0.3 is 0 Å². The van der Waals surface area contributed by atoms with E-state index >= 15 is 0 Å². The smallest absolute Gasteiger partial charge is 0.264 e. The molecule has 10 heteroatoms. The van der Waals surface area contributed by atoms with E-state index in [1.165, 1.54) is 9.91 Å². The second-order valence-corrected chi connectivity index (χ2v) is 13.8. The molecule has 3 heterocycles. The number of carbonyl (C=O) groups is 3. The summed E-state index contributed by atoms with van der Waals surface area (Å²) in [5.41, 5.74) is 4.29. The number of hydrogen-bond acceptors (Lipinski definition) is 6. The van der Waals surface area contributed by atoms with Gasteiger partial charge in [-0.25, -0.2) is 5.01 Å². The highest BCUT2D eigenvalue weighted by molar-refractivity contribution is 6.31. The monoisotopic (exact) mass is 702 g/mol. The van der Waals surface area contributed by atoms with E-state index < -0.39 is 17.4 Å². The first-order valence-electron chi connectivity index (χ1n) is 17.2. The van der Waals surface area contributed by atoms with Crippen molar-refractivity contribution in [3.63, 3.8) is 0 Å². The fourth-order valence-electron chi connectivity index (χ4n) is 7.31. The van der Waals surface area contributed by atoms with Gasteiger partial charge in [0.1, 0.15) is 0 Å². The Morgan fingerprint density at radius 2 is 1.75 bits per heavy atom. The van der Waals surface area contributed by atoms with Crippen LogP contribution in [0, 0.1) is 5.92 Å². The van der Waals surface area contributed by atoms with Crippen LogP contribution in [0.3, 0.4) is 0 Å². The van der Waals surface area contributed by atoms with Crippen molar-refractivity contribution < 1.29 is 24.6 Å². The molecule has 0 fully saturated rings. The van der Waals surface area contributed by atoms with Crippen LogP contribution in [-0.2, 0) is 39.5 Å². The highest BCUT2D eigenvalue weighted by Crippen LogP contribution is 2.47. The van der Waals surface area contributed by atoms with Crippen LogP contribution in [0.1, 0.15) is 54.0 Å². The van der Waals surface area contributed by atoms with Crippen molar-refractivity contribution in [2.75, 3.05) is 16.5 Å². The Balaban J connectivity index is 1.10. The van der Waals surface area contributed by atoms with Crippen molar-refractivity contribution in [1.82, 2.24) is 4.90 Å². The quantitative estimate of drug-likeness (QED) is 0.204. The molecule has 0 spiro atoms. The molecule has 0 bridgehead atoms. The van der Waals surface area contributed by atoms with Crippen molar-refractivity contribution >= 4 is 46.4 Å². The third-order valence-electron chi connectivity index (χ3n) is 10.1. The summed E-state index contributed by atoms with van der Waals surface area (Å²) in [6.45, 7) is 2.15. The molecule has 0 aliphatic carbocycles. The van der Waals surface area contributed by atoms with Crippen molar-refractivity contribution in [3.05, 3.63) is 142 Å². The number of amides is 3. The van der Waals surface area contributed by atoms with Gasteiger partial charge in [0.05, 0.1) is 36.3 Å². The number of carbonyl (C=O) groups excluding carboxylic acids is 3. The maximum atomic E-state index is 14.2. The summed E-state index contributed by atoms with van der Waals surface area (Å²) in [6, 6.07) is 29.7. The number of fused-ring (bicyclic) bond motifs is 2. The van der Waals surface area contributed by atoms with Crippen molar-refractivity contribution in [2.45, 2.75) is 57.3 Å². The van der Waals surface area contributed by atoms with E-state index in [0.717, 1.165) is 28.0 Å². The van der Waals surface area contributed by atoms with E-state index in [4.69, 9.17) is 16.7 Å². The van der Waals surface area contributed by atoms with Gasteiger partial charge in [-0.2, -0.15) is 5.10 Å². The third kappa shape index (κ3) is 6.60. The number of aliphatic hydroxyl groups excluding tert-OH is 1. The highest BCUT2D eigenvalue weighted by Gasteiger charge is 2.52. The van der Waals surface area contributed by atoms with E-state index in [0.29, 0.717) is 47.8 Å². The molecular formula is C41H39ClN4O5. The first kappa shape index (κ1) is 34.4. The van der Waals surface area contributed by atoms with Crippen LogP contribution in [0.15, 0.2) is 114 Å². The Hall–Kier alpha value is -5.09. The van der Waals surface area contributed by atoms with Gasteiger partial charge in [0.15, 0.2) is 5.60 Å². The van der Waals surface area contributed by atoms with E-state index in [1.54, 1.807) is 42.2 Å². The minimum Gasteiger partial charge on any atom is -0.394 e. The van der Waals surface area contributed by atoms with Crippen LogP contribution >= 0.6 is 11.6 Å². The van der Waals surface area contributed by atoms with E-state index in [2.05, 4.69) is 0 Å². The van der Waals surface area contributed by atoms with Gasteiger partial charge in [-0.15, -0.1) is 0 Å². The predicted molar refractivity (Wildman–Crippen MR) is 197 cm³/mol. The molecule has 4 aromatic rings. The molecule has 3 aliphatic heterocycles. The fourth-order valence-corrected chi connectivity index (χ4v) is 7.48. The number of hydrogen-bond donors (Lipinski definition) is 2. The second-order valence-electron chi connectivity index (χ2n) is 13.4. The summed E-state index contributed by atoms with van der Waals surface area (Å²) in [7, 11) is 0. The molecule has 0 unspecified atom stereocenters. The molecule has 3 atom stereocenters. The number of benzene rings is 4. The Morgan fingerprint density at radius 1 is 0.980 bits per heavy atom. The number of aliphatic hydroxyl groups is 2. The van der Waals surface area contributed by atoms with Crippen molar-refractivity contribution in [3.8, 4) is 0 Å². The summed E-state index contributed by atoms with van der Waals surface area (Å²) in [5.74, 6) is -1.48. The fraction of sp³-hybridized carbons (Fsp3) is 0.268. The zero-order valence-electron chi connectivity index (χ0n) is 28.3.